The minimum Gasteiger partial charge on any atom is -0.394 e. The lowest BCUT2D eigenvalue weighted by Crippen LogP contribution is -2.64. The quantitative estimate of drug-likeness (QED) is 0.136. The second-order valence-electron chi connectivity index (χ2n) is 8.17. The van der Waals surface area contributed by atoms with E-state index < -0.39 is 99.0 Å². The molecule has 0 amide bonds. The molecule has 0 spiro atoms. The molecular formula is C18H35NO14. The largest absolute Gasteiger partial charge is 0.394 e. The van der Waals surface area contributed by atoms with Gasteiger partial charge in [-0.2, -0.15) is 0 Å². The van der Waals surface area contributed by atoms with Crippen molar-refractivity contribution >= 4 is 0 Å². The molecule has 0 aliphatic carbocycles. The van der Waals surface area contributed by atoms with Crippen LogP contribution in [0.2, 0.25) is 0 Å². The topological polar surface area (TPSA) is 265 Å². The average Bonchev–Trinajstić information content (AvgIpc) is 2.81. The molecule has 0 saturated carbocycles. The maximum atomic E-state index is 10.5. The van der Waals surface area contributed by atoms with E-state index in [-0.39, 0.29) is 6.54 Å². The van der Waals surface area contributed by atoms with Crippen LogP contribution in [-0.2, 0) is 18.9 Å². The van der Waals surface area contributed by atoms with Crippen LogP contribution in [0.1, 0.15) is 6.92 Å². The number of hydrogen-bond acceptors (Lipinski definition) is 15. The Morgan fingerprint density at radius 2 is 1.36 bits per heavy atom. The Morgan fingerprint density at radius 1 is 0.788 bits per heavy atom. The molecule has 2 heterocycles. The van der Waals surface area contributed by atoms with Crippen molar-refractivity contribution in [3.8, 4) is 0 Å². The van der Waals surface area contributed by atoms with Crippen LogP contribution < -0.4 is 5.73 Å². The SMILES string of the molecule is C[C@@H]1O[C@@H](OC[C@@H](O)[C@@H](O)[C@H](O)[C@H](O)CN)[C@@H](O)[C@H](O)[C@@H]1O[C@@H]1O[C@H](CO)[C@H](O)[C@H](O)[C@H]1O. The van der Waals surface area contributed by atoms with Crippen LogP contribution in [0.25, 0.3) is 0 Å². The molecule has 0 radical (unpaired) electrons. The Morgan fingerprint density at radius 3 is 1.94 bits per heavy atom. The third-order valence-electron chi connectivity index (χ3n) is 5.73. The Labute approximate surface area is 189 Å². The van der Waals surface area contributed by atoms with Gasteiger partial charge in [-0.05, 0) is 6.92 Å². The van der Waals surface area contributed by atoms with Gasteiger partial charge in [0.25, 0.3) is 0 Å². The van der Waals surface area contributed by atoms with Crippen LogP contribution >= 0.6 is 0 Å². The smallest absolute Gasteiger partial charge is 0.187 e. The van der Waals surface area contributed by atoms with Gasteiger partial charge in [-0.3, -0.25) is 0 Å². The van der Waals surface area contributed by atoms with E-state index in [4.69, 9.17) is 24.7 Å². The van der Waals surface area contributed by atoms with Crippen LogP contribution in [0.15, 0.2) is 0 Å². The molecule has 15 nitrogen and oxygen atoms in total. The summed E-state index contributed by atoms with van der Waals surface area (Å²) in [6, 6.07) is 0. The zero-order valence-corrected chi connectivity index (χ0v) is 17.9. The standard InChI is InChI=1S/C18H35NO14/c1-5-16(33-18-14(28)12(26)11(25)8(3-20)32-18)13(27)15(29)17(31-5)30-4-7(22)10(24)9(23)6(21)2-19/h5-18,20-29H,2-4,19H2,1H3/t5-,6+,7+,8+,9+,10+,11-,12-,13-,14+,15-,16+,17+,18-/m0/s1. The van der Waals surface area contributed by atoms with Crippen LogP contribution in [-0.4, -0.2) is 157 Å². The Bertz CT molecular complexity index is 586. The second-order valence-corrected chi connectivity index (χ2v) is 8.17. The van der Waals surface area contributed by atoms with Crippen molar-refractivity contribution in [2.45, 2.75) is 92.8 Å². The number of rotatable bonds is 10. The average molecular weight is 489 g/mol. The molecule has 0 aromatic carbocycles. The molecule has 2 aliphatic heterocycles. The summed E-state index contributed by atoms with van der Waals surface area (Å²) in [7, 11) is 0. The van der Waals surface area contributed by atoms with E-state index in [1.807, 2.05) is 0 Å². The normalized spacial score (nSPS) is 43.6. The van der Waals surface area contributed by atoms with Gasteiger partial charge in [-0.15, -0.1) is 0 Å². The highest BCUT2D eigenvalue weighted by molar-refractivity contribution is 4.93. The van der Waals surface area contributed by atoms with Crippen molar-refractivity contribution in [1.29, 1.82) is 0 Å². The van der Waals surface area contributed by atoms with Crippen molar-refractivity contribution in [3.05, 3.63) is 0 Å². The van der Waals surface area contributed by atoms with E-state index >= 15 is 0 Å². The Balaban J connectivity index is 1.95. The lowest BCUT2D eigenvalue weighted by Gasteiger charge is -2.45. The molecule has 196 valence electrons. The molecule has 2 rings (SSSR count). The van der Waals surface area contributed by atoms with Crippen molar-refractivity contribution in [3.63, 3.8) is 0 Å². The maximum absolute atomic E-state index is 10.5. The molecule has 2 saturated heterocycles. The lowest BCUT2D eigenvalue weighted by molar-refractivity contribution is -0.356. The minimum atomic E-state index is -1.83. The fraction of sp³-hybridized carbons (Fsp3) is 1.00. The van der Waals surface area contributed by atoms with Gasteiger partial charge in [0.2, 0.25) is 0 Å². The lowest BCUT2D eigenvalue weighted by atomic mass is 9.97. The first kappa shape index (κ1) is 28.6. The van der Waals surface area contributed by atoms with E-state index in [1.165, 1.54) is 6.92 Å². The summed E-state index contributed by atoms with van der Waals surface area (Å²) in [5.74, 6) is 0. The molecule has 33 heavy (non-hydrogen) atoms. The predicted octanol–water partition coefficient (Wildman–Crippen LogP) is -6.94. The molecule has 2 aliphatic rings. The molecule has 0 aromatic heterocycles. The molecule has 14 atom stereocenters. The number of nitrogens with two attached hydrogens (primary N) is 1. The number of aliphatic hydroxyl groups is 10. The highest BCUT2D eigenvalue weighted by atomic mass is 16.7. The third kappa shape index (κ3) is 6.54. The summed E-state index contributed by atoms with van der Waals surface area (Å²) in [4.78, 5) is 0. The van der Waals surface area contributed by atoms with Crippen LogP contribution in [0.4, 0.5) is 0 Å². The van der Waals surface area contributed by atoms with E-state index in [9.17, 15) is 51.1 Å². The van der Waals surface area contributed by atoms with Crippen LogP contribution in [0.5, 0.6) is 0 Å². The number of aliphatic hydroxyl groups excluding tert-OH is 10. The van der Waals surface area contributed by atoms with Gasteiger partial charge in [0.05, 0.1) is 25.4 Å². The zero-order chi connectivity index (χ0) is 25.0. The number of hydrogen-bond donors (Lipinski definition) is 11. The van der Waals surface area contributed by atoms with Crippen molar-refractivity contribution in [2.24, 2.45) is 5.73 Å². The van der Waals surface area contributed by atoms with Gasteiger partial charge in [0.1, 0.15) is 61.0 Å². The molecule has 0 aromatic rings. The summed E-state index contributed by atoms with van der Waals surface area (Å²) in [6.45, 7) is -0.286. The summed E-state index contributed by atoms with van der Waals surface area (Å²) >= 11 is 0. The van der Waals surface area contributed by atoms with Gasteiger partial charge in [-0.1, -0.05) is 0 Å². The van der Waals surface area contributed by atoms with E-state index in [0.717, 1.165) is 0 Å². The van der Waals surface area contributed by atoms with Gasteiger partial charge in [0.15, 0.2) is 12.6 Å². The summed E-state index contributed by atoms with van der Waals surface area (Å²) in [5.41, 5.74) is 5.18. The van der Waals surface area contributed by atoms with Gasteiger partial charge < -0.3 is 75.7 Å². The summed E-state index contributed by atoms with van der Waals surface area (Å²) in [6.07, 6.45) is -21.9. The highest BCUT2D eigenvalue weighted by Crippen LogP contribution is 2.29. The fourth-order valence-corrected chi connectivity index (χ4v) is 3.55. The van der Waals surface area contributed by atoms with Crippen molar-refractivity contribution in [1.82, 2.24) is 0 Å². The molecule has 0 bridgehead atoms. The summed E-state index contributed by atoms with van der Waals surface area (Å²) < 4.78 is 21.3. The summed E-state index contributed by atoms with van der Waals surface area (Å²) in [5, 5.41) is 98.8. The molecule has 0 unspecified atom stereocenters. The Hall–Kier alpha value is -0.600. The zero-order valence-electron chi connectivity index (χ0n) is 17.9. The fourth-order valence-electron chi connectivity index (χ4n) is 3.55. The van der Waals surface area contributed by atoms with Crippen molar-refractivity contribution in [2.75, 3.05) is 19.8 Å². The van der Waals surface area contributed by atoms with Gasteiger partial charge in [0, 0.05) is 6.54 Å². The predicted molar refractivity (Wildman–Crippen MR) is 104 cm³/mol. The van der Waals surface area contributed by atoms with E-state index in [1.54, 1.807) is 0 Å². The third-order valence-corrected chi connectivity index (χ3v) is 5.73. The van der Waals surface area contributed by atoms with Gasteiger partial charge >= 0.3 is 0 Å². The molecule has 12 N–H and O–H groups in total. The van der Waals surface area contributed by atoms with Crippen LogP contribution in [0.3, 0.4) is 0 Å². The van der Waals surface area contributed by atoms with Gasteiger partial charge in [-0.25, -0.2) is 0 Å². The maximum Gasteiger partial charge on any atom is 0.187 e. The first-order valence-corrected chi connectivity index (χ1v) is 10.5. The van der Waals surface area contributed by atoms with E-state index in [2.05, 4.69) is 0 Å². The molecule has 15 heteroatoms. The monoisotopic (exact) mass is 489 g/mol. The van der Waals surface area contributed by atoms with Crippen LogP contribution in [0, 0.1) is 0 Å². The second kappa shape index (κ2) is 12.4. The molecule has 2 fully saturated rings. The van der Waals surface area contributed by atoms with E-state index in [0.29, 0.717) is 0 Å². The number of ether oxygens (including phenoxy) is 4. The molecular weight excluding hydrogens is 454 g/mol. The van der Waals surface area contributed by atoms with Crippen molar-refractivity contribution < 1.29 is 70.0 Å². The first-order chi connectivity index (χ1) is 15.4. The highest BCUT2D eigenvalue weighted by Gasteiger charge is 2.50. The first-order valence-electron chi connectivity index (χ1n) is 10.5. The Kier molecular flexibility index (Phi) is 10.7. The minimum absolute atomic E-state index is 0.365.